The van der Waals surface area contributed by atoms with Crippen LogP contribution in [0.4, 0.5) is 68.2 Å². The third kappa shape index (κ3) is 12.8. The van der Waals surface area contributed by atoms with Gasteiger partial charge in [-0.15, -0.1) is 22.7 Å². The van der Waals surface area contributed by atoms with E-state index in [1.165, 1.54) is 111 Å². The van der Waals surface area contributed by atoms with E-state index >= 15 is 0 Å². The fraction of sp³-hybridized carbons (Fsp3) is 0.0625. The Labute approximate surface area is 805 Å². The fourth-order valence-electron chi connectivity index (χ4n) is 22.0. The van der Waals surface area contributed by atoms with Gasteiger partial charge in [0.2, 0.25) is 0 Å². The Morgan fingerprint density at radius 2 is 0.623 bits per heavy atom. The number of benzene rings is 22. The van der Waals surface area contributed by atoms with Gasteiger partial charge >= 0.3 is 0 Å². The molecule has 2 aliphatic rings. The molecule has 0 bridgehead atoms. The molecule has 0 saturated heterocycles. The summed E-state index contributed by atoms with van der Waals surface area (Å²) in [5, 5.41) is 23.7. The average Bonchev–Trinajstić information content (AvgIpc) is 0.728. The van der Waals surface area contributed by atoms with Gasteiger partial charge in [-0.1, -0.05) is 276 Å². The first-order valence-corrected chi connectivity index (χ1v) is 49.2. The summed E-state index contributed by atoms with van der Waals surface area (Å²) in [5.41, 5.74) is 25.5. The van der Waals surface area contributed by atoms with Gasteiger partial charge in [-0.3, -0.25) is 0 Å². The standard InChI is InChI=1S/C66H48N2OS2.C62H40N2O3/c1-39(2)41-29-31-46-53-37-56-47-32-30-44(67(42-17-7-5-8-18-42)57-25-15-23-51-48-21-11-13-27-61(48)70-65(51)57)36-60(47)69-64-45(40(3)4)33-34-50(63(56)64)54(53)38-59(55(46)35-41)68(43-19-9-6-10-20-43)58-26-16-24-52-49-22-12-14-28-62(49)71-66(52)58;1-37-27-30-42-49-35-52-45-32-29-41(63(39-15-5-3-6-16-39)53-23-13-21-47-43-19-9-11-25-56(43)65-61(47)53)34-58(45)67-60-38(2)28-31-46(59(52)60)50(49)36-55(51(42)33-37)64(40-17-7-4-8-18-40)54-24-14-22-48-44-20-10-12-26-57(44)66-62(48)54/h5-40H,1-4H3;3-36H,1-2H3. The molecule has 0 atom stereocenters. The number of thiophene rings is 2. The minimum atomic E-state index is 0.242. The summed E-state index contributed by atoms with van der Waals surface area (Å²) in [5.74, 6) is 4.09. The van der Waals surface area contributed by atoms with Crippen LogP contribution in [0, 0.1) is 13.8 Å². The van der Waals surface area contributed by atoms with Crippen LogP contribution in [0.15, 0.2) is 421 Å². The van der Waals surface area contributed by atoms with Crippen molar-refractivity contribution >= 4 is 240 Å². The highest BCUT2D eigenvalue weighted by Gasteiger charge is 2.34. The van der Waals surface area contributed by atoms with E-state index in [9.17, 15) is 0 Å². The molecule has 0 unspecified atom stereocenters. The normalized spacial score (nSPS) is 12.2. The lowest BCUT2D eigenvalue weighted by Gasteiger charge is -2.30. The Morgan fingerprint density at radius 3 is 1.14 bits per heavy atom. The zero-order valence-corrected chi connectivity index (χ0v) is 78.3. The van der Waals surface area contributed by atoms with Crippen molar-refractivity contribution in [3.63, 3.8) is 0 Å². The second-order valence-electron chi connectivity index (χ2n) is 37.3. The molecule has 8 nitrogen and oxygen atoms in total. The van der Waals surface area contributed by atoms with E-state index in [2.05, 4.69) is 455 Å². The molecule has 0 saturated carbocycles. The number of nitrogens with zero attached hydrogens (tertiary/aromatic N) is 4. The Hall–Kier alpha value is -16.8. The highest BCUT2D eigenvalue weighted by molar-refractivity contribution is 7.27. The first kappa shape index (κ1) is 80.9. The van der Waals surface area contributed by atoms with Crippen molar-refractivity contribution in [1.29, 1.82) is 0 Å². The van der Waals surface area contributed by atoms with Crippen molar-refractivity contribution in [3.8, 4) is 45.3 Å². The third-order valence-corrected chi connectivity index (χ3v) is 30.9. The number of rotatable bonds is 14. The van der Waals surface area contributed by atoms with E-state index in [1.54, 1.807) is 0 Å². The van der Waals surface area contributed by atoms with Crippen molar-refractivity contribution in [1.82, 2.24) is 0 Å². The van der Waals surface area contributed by atoms with Gasteiger partial charge in [-0.25, -0.2) is 0 Å². The molecule has 28 rings (SSSR count). The summed E-state index contributed by atoms with van der Waals surface area (Å²) >= 11 is 3.73. The molecule has 138 heavy (non-hydrogen) atoms. The molecule has 0 amide bonds. The quantitative estimate of drug-likeness (QED) is 0.0999. The van der Waals surface area contributed by atoms with Gasteiger partial charge in [0, 0.05) is 126 Å². The monoisotopic (exact) mass is 1810 g/mol. The summed E-state index contributed by atoms with van der Waals surface area (Å²) in [4.78, 5) is 9.58. The lowest BCUT2D eigenvalue weighted by atomic mass is 9.85. The zero-order chi connectivity index (χ0) is 91.8. The number of furan rings is 2. The van der Waals surface area contributed by atoms with Gasteiger partial charge in [0.25, 0.3) is 0 Å². The Morgan fingerprint density at radius 1 is 0.232 bits per heavy atom. The number of hydrogen-bond acceptors (Lipinski definition) is 10. The first-order chi connectivity index (χ1) is 67.9. The van der Waals surface area contributed by atoms with Crippen molar-refractivity contribution in [2.45, 2.75) is 53.4 Å². The summed E-state index contributed by atoms with van der Waals surface area (Å²) in [7, 11) is 0. The average molecular weight is 1810 g/mol. The van der Waals surface area contributed by atoms with Crippen molar-refractivity contribution in [2.75, 3.05) is 19.6 Å². The first-order valence-electron chi connectivity index (χ1n) is 47.5. The molecular formula is C128H88N4O4S2. The number of anilines is 12. The second-order valence-corrected chi connectivity index (χ2v) is 39.4. The molecule has 0 spiro atoms. The molecule has 0 N–H and O–H groups in total. The van der Waals surface area contributed by atoms with Crippen molar-refractivity contribution in [2.24, 2.45) is 0 Å². The summed E-state index contributed by atoms with van der Waals surface area (Å²) in [6.07, 6.45) is 0. The summed E-state index contributed by atoms with van der Waals surface area (Å²) < 4.78 is 33.0. The maximum Gasteiger partial charge on any atom is 0.159 e. The van der Waals surface area contributed by atoms with Gasteiger partial charge in [0.05, 0.1) is 49.2 Å². The smallest absolute Gasteiger partial charge is 0.159 e. The Bertz CT molecular complexity index is 9550. The molecule has 10 heteroatoms. The van der Waals surface area contributed by atoms with Gasteiger partial charge < -0.3 is 37.9 Å². The molecule has 6 heterocycles. The van der Waals surface area contributed by atoms with E-state index in [0.29, 0.717) is 5.92 Å². The topological polar surface area (TPSA) is 57.7 Å². The van der Waals surface area contributed by atoms with Gasteiger partial charge in [-0.05, 0) is 254 Å². The fourth-order valence-corrected chi connectivity index (χ4v) is 24.5. The molecule has 4 aromatic heterocycles. The van der Waals surface area contributed by atoms with E-state index in [1.807, 2.05) is 40.9 Å². The SMILES string of the molecule is CC(C)c1ccc2c(c1)c(N(c1ccccc1)c1cccc3c1sc1ccccc13)cc1c3ccc(C(C)C)c4c3c(cc21)-c1ccc(N(c2ccccc2)c2cccc3c2sc2ccccc23)cc1O4.Cc1ccc2c(c1)c(N(c1ccccc1)c1cccc3c1oc1ccccc13)cc1c3ccc(C)c4c3c(cc21)-c1ccc(N(c2ccccc2)c2cccc3c2oc2ccccc23)cc1O4. The summed E-state index contributed by atoms with van der Waals surface area (Å²) in [6.45, 7) is 13.5. The number of aryl methyl sites for hydroxylation is 2. The molecule has 22 aromatic carbocycles. The molecule has 2 aliphatic heterocycles. The molecule has 656 valence electrons. The van der Waals surface area contributed by atoms with E-state index < -0.39 is 0 Å². The second kappa shape index (κ2) is 32.0. The maximum atomic E-state index is 7.38. The van der Waals surface area contributed by atoms with Crippen molar-refractivity contribution < 1.29 is 18.3 Å². The minimum Gasteiger partial charge on any atom is -0.456 e. The van der Waals surface area contributed by atoms with Gasteiger partial charge in [-0.2, -0.15) is 0 Å². The molecular weight excluding hydrogens is 1720 g/mol. The Kier molecular flexibility index (Phi) is 18.7. The summed E-state index contributed by atoms with van der Waals surface area (Å²) in [6, 6.07) is 150. The van der Waals surface area contributed by atoms with Gasteiger partial charge in [0.1, 0.15) is 34.2 Å². The lowest BCUT2D eigenvalue weighted by Crippen LogP contribution is -2.11. The van der Waals surface area contributed by atoms with Crippen LogP contribution in [0.2, 0.25) is 0 Å². The maximum absolute atomic E-state index is 7.38. The van der Waals surface area contributed by atoms with Crippen LogP contribution in [-0.2, 0) is 0 Å². The number of hydrogen-bond donors (Lipinski definition) is 0. The van der Waals surface area contributed by atoms with Crippen LogP contribution in [-0.4, -0.2) is 0 Å². The molecule has 0 aliphatic carbocycles. The van der Waals surface area contributed by atoms with Crippen LogP contribution < -0.4 is 29.1 Å². The van der Waals surface area contributed by atoms with Gasteiger partial charge in [0.15, 0.2) is 11.2 Å². The minimum absolute atomic E-state index is 0.242. The van der Waals surface area contributed by atoms with Crippen LogP contribution in [0.25, 0.3) is 171 Å². The number of fused-ring (bicyclic) bond motifs is 24. The van der Waals surface area contributed by atoms with E-state index in [0.717, 1.165) is 173 Å². The molecule has 0 fully saturated rings. The highest BCUT2D eigenvalue weighted by atomic mass is 32.1. The largest absolute Gasteiger partial charge is 0.456 e. The molecule has 26 aromatic rings. The lowest BCUT2D eigenvalue weighted by molar-refractivity contribution is 0.478. The van der Waals surface area contributed by atoms with Crippen LogP contribution >= 0.6 is 22.7 Å². The number of ether oxygens (including phenoxy) is 2. The third-order valence-electron chi connectivity index (χ3n) is 28.5. The van der Waals surface area contributed by atoms with Crippen LogP contribution in [0.3, 0.4) is 0 Å². The Balaban J connectivity index is 0.000000139. The predicted octanol–water partition coefficient (Wildman–Crippen LogP) is 39.1. The predicted molar refractivity (Wildman–Crippen MR) is 586 cm³/mol. The molecule has 0 radical (unpaired) electrons. The number of para-hydroxylation sites is 8. The van der Waals surface area contributed by atoms with Crippen LogP contribution in [0.5, 0.6) is 23.0 Å². The van der Waals surface area contributed by atoms with Crippen molar-refractivity contribution in [3.05, 3.63) is 435 Å². The highest BCUT2D eigenvalue weighted by Crippen LogP contribution is 2.60. The van der Waals surface area contributed by atoms with Crippen LogP contribution in [0.1, 0.15) is 61.8 Å². The van der Waals surface area contributed by atoms with E-state index in [-0.39, 0.29) is 5.92 Å². The van der Waals surface area contributed by atoms with E-state index in [4.69, 9.17) is 18.3 Å². The zero-order valence-electron chi connectivity index (χ0n) is 76.7.